The summed E-state index contributed by atoms with van der Waals surface area (Å²) < 4.78 is 26.0. The molecular formula is C18H18N4O2S2. The van der Waals surface area contributed by atoms with Crippen LogP contribution in [0.4, 0.5) is 5.69 Å². The first-order valence-corrected chi connectivity index (χ1v) is 10.9. The van der Waals surface area contributed by atoms with Gasteiger partial charge >= 0.3 is 0 Å². The van der Waals surface area contributed by atoms with Gasteiger partial charge in [-0.15, -0.1) is 11.3 Å². The number of aromatic nitrogens is 3. The molecule has 26 heavy (non-hydrogen) atoms. The molecule has 1 saturated heterocycles. The zero-order chi connectivity index (χ0) is 18.1. The van der Waals surface area contributed by atoms with E-state index >= 15 is 0 Å². The normalized spacial score (nSPS) is 19.3. The minimum atomic E-state index is -2.99. The molecule has 0 amide bonds. The maximum Gasteiger partial charge on any atom is 0.190 e. The minimum absolute atomic E-state index is 0.271. The average Bonchev–Trinajstić information content (AvgIpc) is 3.04. The Hall–Kier alpha value is -2.32. The molecule has 0 aliphatic carbocycles. The predicted molar refractivity (Wildman–Crippen MR) is 102 cm³/mol. The van der Waals surface area contributed by atoms with E-state index in [1.165, 1.54) is 16.9 Å². The van der Waals surface area contributed by atoms with E-state index in [4.69, 9.17) is 4.99 Å². The third kappa shape index (κ3) is 3.34. The summed E-state index contributed by atoms with van der Waals surface area (Å²) in [5.74, 6) is 0.271. The van der Waals surface area contributed by atoms with Gasteiger partial charge in [-0.1, -0.05) is 17.7 Å². The Morgan fingerprint density at radius 2 is 2.08 bits per heavy atom. The monoisotopic (exact) mass is 386 g/mol. The van der Waals surface area contributed by atoms with E-state index in [1.807, 2.05) is 41.1 Å². The Balaban J connectivity index is 1.81. The topological polar surface area (TPSA) is 77.2 Å². The molecule has 0 N–H and O–H groups in total. The summed E-state index contributed by atoms with van der Waals surface area (Å²) in [7, 11) is -2.99. The van der Waals surface area contributed by atoms with Crippen LogP contribution in [0, 0.1) is 6.92 Å². The Labute approximate surface area is 155 Å². The highest BCUT2D eigenvalue weighted by Gasteiger charge is 2.36. The zero-order valence-electron chi connectivity index (χ0n) is 14.2. The Morgan fingerprint density at radius 1 is 1.27 bits per heavy atom. The number of hydrogen-bond donors (Lipinski definition) is 0. The lowest BCUT2D eigenvalue weighted by Gasteiger charge is -2.26. The summed E-state index contributed by atoms with van der Waals surface area (Å²) in [5, 5.41) is 1.60. The molecule has 0 saturated carbocycles. The molecule has 1 fully saturated rings. The van der Waals surface area contributed by atoms with E-state index in [1.54, 1.807) is 18.6 Å². The number of aryl methyl sites for hydroxylation is 1. The van der Waals surface area contributed by atoms with E-state index in [0.29, 0.717) is 18.7 Å². The van der Waals surface area contributed by atoms with Crippen molar-refractivity contribution in [1.29, 1.82) is 0 Å². The molecule has 0 radical (unpaired) electrons. The summed E-state index contributed by atoms with van der Waals surface area (Å²) >= 11 is 1.48. The quantitative estimate of drug-likeness (QED) is 0.691. The lowest BCUT2D eigenvalue weighted by Crippen LogP contribution is -2.41. The molecule has 1 unspecified atom stereocenters. The van der Waals surface area contributed by atoms with Gasteiger partial charge in [0, 0.05) is 24.3 Å². The summed E-state index contributed by atoms with van der Waals surface area (Å²) in [6.07, 6.45) is 5.63. The predicted octanol–water partition coefficient (Wildman–Crippen LogP) is 2.73. The Bertz CT molecular complexity index is 1080. The fourth-order valence-corrected chi connectivity index (χ4v) is 5.10. The van der Waals surface area contributed by atoms with Gasteiger partial charge in [-0.05, 0) is 25.5 Å². The molecule has 0 bridgehead atoms. The molecule has 3 heterocycles. The van der Waals surface area contributed by atoms with Crippen molar-refractivity contribution in [2.45, 2.75) is 25.1 Å². The highest BCUT2D eigenvalue weighted by molar-refractivity contribution is 7.93. The van der Waals surface area contributed by atoms with Crippen molar-refractivity contribution in [2.75, 3.05) is 5.75 Å². The molecule has 134 valence electrons. The summed E-state index contributed by atoms with van der Waals surface area (Å²) in [5.41, 5.74) is 3.57. The molecule has 3 aromatic rings. The lowest BCUT2D eigenvalue weighted by molar-refractivity contribution is 0.514. The second-order valence-corrected chi connectivity index (χ2v) is 9.57. The van der Waals surface area contributed by atoms with Crippen LogP contribution in [0.1, 0.15) is 12.0 Å². The largest absolute Gasteiger partial charge is 0.314 e. The Morgan fingerprint density at radius 3 is 2.69 bits per heavy atom. The molecule has 2 aromatic heterocycles. The number of hydrogen-bond acceptors (Lipinski definition) is 6. The number of rotatable bonds is 4. The van der Waals surface area contributed by atoms with Crippen LogP contribution in [0.15, 0.2) is 53.2 Å². The minimum Gasteiger partial charge on any atom is -0.314 e. The van der Waals surface area contributed by atoms with Crippen LogP contribution >= 0.6 is 11.3 Å². The van der Waals surface area contributed by atoms with Crippen LogP contribution in [-0.2, 0) is 16.4 Å². The summed E-state index contributed by atoms with van der Waals surface area (Å²) in [4.78, 5) is 14.0. The van der Waals surface area contributed by atoms with Crippen molar-refractivity contribution in [2.24, 2.45) is 4.99 Å². The van der Waals surface area contributed by atoms with Crippen molar-refractivity contribution in [3.8, 4) is 11.4 Å². The van der Waals surface area contributed by atoms with Crippen LogP contribution in [0.3, 0.4) is 0 Å². The third-order valence-corrected chi connectivity index (χ3v) is 7.57. The molecule has 8 heteroatoms. The van der Waals surface area contributed by atoms with Gasteiger partial charge in [0.25, 0.3) is 0 Å². The maximum absolute atomic E-state index is 12.0. The molecule has 6 nitrogen and oxygen atoms in total. The SMILES string of the molecule is Cc1ccc(N=c2scc(-c3cnccn3)n2CC2CCS2(=O)=O)cc1. The number of benzene rings is 1. The lowest BCUT2D eigenvalue weighted by atomic mass is 10.2. The van der Waals surface area contributed by atoms with E-state index < -0.39 is 9.84 Å². The number of sulfone groups is 1. The first kappa shape index (κ1) is 17.1. The van der Waals surface area contributed by atoms with Gasteiger partial charge in [-0.2, -0.15) is 0 Å². The first-order chi connectivity index (χ1) is 12.5. The second-order valence-electron chi connectivity index (χ2n) is 6.33. The van der Waals surface area contributed by atoms with Gasteiger partial charge in [0.05, 0.1) is 28.6 Å². The summed E-state index contributed by atoms with van der Waals surface area (Å²) in [6, 6.07) is 7.94. The van der Waals surface area contributed by atoms with Crippen molar-refractivity contribution >= 4 is 26.9 Å². The molecular weight excluding hydrogens is 368 g/mol. The number of thiazole rings is 1. The summed E-state index contributed by atoms with van der Waals surface area (Å²) in [6.45, 7) is 2.42. The van der Waals surface area contributed by atoms with Gasteiger partial charge in [0.1, 0.15) is 5.69 Å². The van der Waals surface area contributed by atoms with Gasteiger partial charge < -0.3 is 4.57 Å². The van der Waals surface area contributed by atoms with E-state index in [0.717, 1.165) is 16.2 Å². The standard InChI is InChI=1S/C18H18N4O2S2/c1-13-2-4-14(5-3-13)21-18-22(11-15-6-9-26(15,23)24)17(12-25-18)16-10-19-7-8-20-16/h2-5,7-8,10,12,15H,6,9,11H2,1H3. The van der Waals surface area contributed by atoms with E-state index in [9.17, 15) is 8.42 Å². The molecule has 1 aliphatic heterocycles. The molecule has 1 atom stereocenters. The maximum atomic E-state index is 12.0. The van der Waals surface area contributed by atoms with Crippen LogP contribution in [0.5, 0.6) is 0 Å². The van der Waals surface area contributed by atoms with Crippen LogP contribution in [0.2, 0.25) is 0 Å². The van der Waals surface area contributed by atoms with Gasteiger partial charge in [0.15, 0.2) is 14.6 Å². The van der Waals surface area contributed by atoms with E-state index in [-0.39, 0.29) is 11.0 Å². The van der Waals surface area contributed by atoms with Gasteiger partial charge in [0.2, 0.25) is 0 Å². The van der Waals surface area contributed by atoms with Crippen LogP contribution < -0.4 is 4.80 Å². The van der Waals surface area contributed by atoms with E-state index in [2.05, 4.69) is 9.97 Å². The Kier molecular flexibility index (Phi) is 4.46. The third-order valence-electron chi connectivity index (χ3n) is 4.50. The van der Waals surface area contributed by atoms with Gasteiger partial charge in [-0.3, -0.25) is 9.97 Å². The first-order valence-electron chi connectivity index (χ1n) is 8.30. The molecule has 0 spiro atoms. The fourth-order valence-electron chi connectivity index (χ4n) is 2.85. The highest BCUT2D eigenvalue weighted by Crippen LogP contribution is 2.25. The van der Waals surface area contributed by atoms with Crippen LogP contribution in [-0.4, -0.2) is 34.0 Å². The van der Waals surface area contributed by atoms with Crippen molar-refractivity contribution in [1.82, 2.24) is 14.5 Å². The molecule has 4 rings (SSSR count). The second kappa shape index (κ2) is 6.77. The van der Waals surface area contributed by atoms with Crippen molar-refractivity contribution in [3.63, 3.8) is 0 Å². The van der Waals surface area contributed by atoms with Crippen molar-refractivity contribution in [3.05, 3.63) is 58.6 Å². The number of nitrogens with zero attached hydrogens (tertiary/aromatic N) is 4. The average molecular weight is 387 g/mol. The molecule has 1 aliphatic rings. The van der Waals surface area contributed by atoms with Crippen LogP contribution in [0.25, 0.3) is 11.4 Å². The zero-order valence-corrected chi connectivity index (χ0v) is 15.9. The highest BCUT2D eigenvalue weighted by atomic mass is 32.2. The van der Waals surface area contributed by atoms with Gasteiger partial charge in [-0.25, -0.2) is 13.4 Å². The smallest absolute Gasteiger partial charge is 0.190 e. The van der Waals surface area contributed by atoms with Crippen molar-refractivity contribution < 1.29 is 8.42 Å². The fraction of sp³-hybridized carbons (Fsp3) is 0.278. The molecule has 1 aromatic carbocycles.